The van der Waals surface area contributed by atoms with E-state index in [0.29, 0.717) is 6.54 Å². The lowest BCUT2D eigenvalue weighted by atomic mass is 10.1. The highest BCUT2D eigenvalue weighted by atomic mass is 19.1. The van der Waals surface area contributed by atoms with Crippen molar-refractivity contribution in [3.8, 4) is 0 Å². The van der Waals surface area contributed by atoms with Crippen molar-refractivity contribution in [1.29, 1.82) is 0 Å². The summed E-state index contributed by atoms with van der Waals surface area (Å²) in [5, 5.41) is 5.55. The quantitative estimate of drug-likeness (QED) is 0.762. The number of halogens is 1. The van der Waals surface area contributed by atoms with Crippen LogP contribution in [0, 0.1) is 5.82 Å². The Hall–Kier alpha value is -2.42. The Morgan fingerprint density at radius 1 is 1.05 bits per heavy atom. The Kier molecular flexibility index (Phi) is 3.11. The summed E-state index contributed by atoms with van der Waals surface area (Å²) < 4.78 is 13.1. The van der Waals surface area contributed by atoms with Gasteiger partial charge in [0.2, 0.25) is 0 Å². The number of anilines is 1. The van der Waals surface area contributed by atoms with Crippen LogP contribution in [0.25, 0.3) is 10.8 Å². The summed E-state index contributed by atoms with van der Waals surface area (Å²) in [5.74, 6) is -0.207. The zero-order valence-electron chi connectivity index (χ0n) is 10.3. The molecule has 0 aliphatic carbocycles. The molecule has 94 valence electrons. The van der Waals surface area contributed by atoms with Gasteiger partial charge < -0.3 is 5.32 Å². The summed E-state index contributed by atoms with van der Waals surface area (Å²) in [7, 11) is 0. The van der Waals surface area contributed by atoms with E-state index >= 15 is 0 Å². The largest absolute Gasteiger partial charge is 0.380 e. The maximum atomic E-state index is 13.1. The van der Waals surface area contributed by atoms with Crippen molar-refractivity contribution in [3.05, 3.63) is 72.3 Å². The molecule has 0 spiro atoms. The normalized spacial score (nSPS) is 10.6. The van der Waals surface area contributed by atoms with Gasteiger partial charge in [0.25, 0.3) is 0 Å². The fourth-order valence-electron chi connectivity index (χ4n) is 2.12. The van der Waals surface area contributed by atoms with E-state index in [1.807, 2.05) is 36.5 Å². The molecule has 1 N–H and O–H groups in total. The first-order valence-electron chi connectivity index (χ1n) is 6.14. The minimum atomic E-state index is -0.207. The van der Waals surface area contributed by atoms with Crippen molar-refractivity contribution in [2.24, 2.45) is 0 Å². The van der Waals surface area contributed by atoms with E-state index in [-0.39, 0.29) is 5.82 Å². The highest BCUT2D eigenvalue weighted by molar-refractivity contribution is 5.93. The Morgan fingerprint density at radius 3 is 2.84 bits per heavy atom. The molecule has 0 aliphatic heterocycles. The topological polar surface area (TPSA) is 24.9 Å². The first-order valence-corrected chi connectivity index (χ1v) is 6.14. The van der Waals surface area contributed by atoms with Crippen molar-refractivity contribution in [3.63, 3.8) is 0 Å². The predicted octanol–water partition coefficient (Wildman–Crippen LogP) is 3.99. The lowest BCUT2D eigenvalue weighted by Crippen LogP contribution is -2.00. The summed E-state index contributed by atoms with van der Waals surface area (Å²) in [4.78, 5) is 4.11. The van der Waals surface area contributed by atoms with Gasteiger partial charge in [-0.1, -0.05) is 24.3 Å². The zero-order chi connectivity index (χ0) is 13.1. The Morgan fingerprint density at radius 2 is 1.95 bits per heavy atom. The maximum Gasteiger partial charge on any atom is 0.123 e. The van der Waals surface area contributed by atoms with Crippen LogP contribution in [0.5, 0.6) is 0 Å². The molecule has 0 atom stereocenters. The average Bonchev–Trinajstić information content (AvgIpc) is 2.45. The molecular weight excluding hydrogens is 239 g/mol. The Balaban J connectivity index is 1.86. The molecule has 1 heterocycles. The maximum absolute atomic E-state index is 13.1. The highest BCUT2D eigenvalue weighted by Gasteiger charge is 2.00. The van der Waals surface area contributed by atoms with E-state index in [9.17, 15) is 4.39 Å². The number of benzene rings is 2. The minimum Gasteiger partial charge on any atom is -0.380 e. The van der Waals surface area contributed by atoms with E-state index in [1.165, 1.54) is 6.07 Å². The molecule has 3 rings (SSSR count). The van der Waals surface area contributed by atoms with Gasteiger partial charge >= 0.3 is 0 Å². The number of pyridine rings is 1. The van der Waals surface area contributed by atoms with E-state index in [1.54, 1.807) is 18.3 Å². The van der Waals surface area contributed by atoms with E-state index < -0.39 is 0 Å². The molecule has 0 unspecified atom stereocenters. The zero-order valence-corrected chi connectivity index (χ0v) is 10.3. The molecule has 0 radical (unpaired) electrons. The van der Waals surface area contributed by atoms with Gasteiger partial charge in [-0.2, -0.15) is 0 Å². The molecule has 19 heavy (non-hydrogen) atoms. The predicted molar refractivity (Wildman–Crippen MR) is 75.5 cm³/mol. The number of nitrogens with one attached hydrogen (secondary N) is 1. The summed E-state index contributed by atoms with van der Waals surface area (Å²) in [6.07, 6.45) is 3.61. The van der Waals surface area contributed by atoms with Gasteiger partial charge in [0.1, 0.15) is 5.82 Å². The summed E-state index contributed by atoms with van der Waals surface area (Å²) >= 11 is 0. The van der Waals surface area contributed by atoms with Crippen LogP contribution in [0.4, 0.5) is 10.1 Å². The van der Waals surface area contributed by atoms with Crippen LogP contribution in [0.1, 0.15) is 5.56 Å². The second kappa shape index (κ2) is 5.06. The molecule has 0 amide bonds. The van der Waals surface area contributed by atoms with Crippen LogP contribution < -0.4 is 5.32 Å². The summed E-state index contributed by atoms with van der Waals surface area (Å²) in [6, 6.07) is 14.6. The Labute approximate surface area is 110 Å². The third-order valence-corrected chi connectivity index (χ3v) is 3.05. The number of nitrogens with zero attached hydrogens (tertiary/aromatic N) is 1. The van der Waals surface area contributed by atoms with Gasteiger partial charge in [0.05, 0.1) is 0 Å². The molecule has 3 aromatic rings. The van der Waals surface area contributed by atoms with E-state index in [2.05, 4.69) is 10.3 Å². The first kappa shape index (κ1) is 11.7. The molecule has 0 aliphatic rings. The van der Waals surface area contributed by atoms with Crippen LogP contribution in [0.3, 0.4) is 0 Å². The lowest BCUT2D eigenvalue weighted by Gasteiger charge is -2.09. The van der Waals surface area contributed by atoms with Crippen molar-refractivity contribution in [1.82, 2.24) is 4.98 Å². The van der Waals surface area contributed by atoms with Crippen molar-refractivity contribution in [2.45, 2.75) is 6.54 Å². The van der Waals surface area contributed by atoms with E-state index in [4.69, 9.17) is 0 Å². The molecule has 2 aromatic carbocycles. The first-order chi connectivity index (χ1) is 9.33. The fourth-order valence-corrected chi connectivity index (χ4v) is 2.12. The molecule has 1 aromatic heterocycles. The van der Waals surface area contributed by atoms with Gasteiger partial charge in [-0.3, -0.25) is 4.98 Å². The highest BCUT2D eigenvalue weighted by Crippen LogP contribution is 2.22. The van der Waals surface area contributed by atoms with Crippen molar-refractivity contribution >= 4 is 16.5 Å². The number of fused-ring (bicyclic) bond motifs is 1. The van der Waals surface area contributed by atoms with Gasteiger partial charge in [-0.05, 0) is 29.8 Å². The Bertz CT molecular complexity index is 704. The van der Waals surface area contributed by atoms with Gasteiger partial charge in [-0.25, -0.2) is 4.39 Å². The molecule has 0 saturated heterocycles. The fraction of sp³-hybridized carbons (Fsp3) is 0.0625. The van der Waals surface area contributed by atoms with Crippen LogP contribution in [-0.4, -0.2) is 4.98 Å². The standard InChI is InChI=1S/C16H13FN2/c17-14-5-1-3-12(9-14)10-19-16-6-2-4-13-11-18-8-7-15(13)16/h1-9,11,19H,10H2. The molecule has 0 bridgehead atoms. The van der Waals surface area contributed by atoms with Crippen LogP contribution in [-0.2, 0) is 6.54 Å². The average molecular weight is 252 g/mol. The second-order valence-corrected chi connectivity index (χ2v) is 4.39. The lowest BCUT2D eigenvalue weighted by molar-refractivity contribution is 0.626. The molecular formula is C16H13FN2. The molecule has 0 fully saturated rings. The van der Waals surface area contributed by atoms with Gasteiger partial charge in [-0.15, -0.1) is 0 Å². The molecule has 0 saturated carbocycles. The number of hydrogen-bond donors (Lipinski definition) is 1. The number of hydrogen-bond acceptors (Lipinski definition) is 2. The summed E-state index contributed by atoms with van der Waals surface area (Å²) in [6.45, 7) is 0.596. The monoisotopic (exact) mass is 252 g/mol. The van der Waals surface area contributed by atoms with Crippen molar-refractivity contribution < 1.29 is 4.39 Å². The number of rotatable bonds is 3. The molecule has 3 heteroatoms. The van der Waals surface area contributed by atoms with Crippen LogP contribution in [0.2, 0.25) is 0 Å². The van der Waals surface area contributed by atoms with Crippen LogP contribution >= 0.6 is 0 Å². The third kappa shape index (κ3) is 2.55. The molecule has 2 nitrogen and oxygen atoms in total. The van der Waals surface area contributed by atoms with Gasteiger partial charge in [0, 0.05) is 35.4 Å². The summed E-state index contributed by atoms with van der Waals surface area (Å²) in [5.41, 5.74) is 1.95. The van der Waals surface area contributed by atoms with Crippen molar-refractivity contribution in [2.75, 3.05) is 5.32 Å². The SMILES string of the molecule is Fc1cccc(CNc2cccc3cnccc23)c1. The van der Waals surface area contributed by atoms with E-state index in [0.717, 1.165) is 22.0 Å². The second-order valence-electron chi connectivity index (χ2n) is 4.39. The van der Waals surface area contributed by atoms with Crippen LogP contribution in [0.15, 0.2) is 60.9 Å². The van der Waals surface area contributed by atoms with Gasteiger partial charge in [0.15, 0.2) is 0 Å². The number of aromatic nitrogens is 1. The minimum absolute atomic E-state index is 0.207. The smallest absolute Gasteiger partial charge is 0.123 e. The third-order valence-electron chi connectivity index (χ3n) is 3.05.